The van der Waals surface area contributed by atoms with Crippen LogP contribution in [0.25, 0.3) is 11.3 Å². The second kappa shape index (κ2) is 4.34. The minimum atomic E-state index is -0.248. The Balaban J connectivity index is 1.94. The molecule has 1 aromatic carbocycles. The molecule has 2 nitrogen and oxygen atoms in total. The lowest BCUT2D eigenvalue weighted by atomic mass is 9.80. The van der Waals surface area contributed by atoms with Crippen LogP contribution >= 0.6 is 0 Å². The Morgan fingerprint density at radius 1 is 1.06 bits per heavy atom. The van der Waals surface area contributed by atoms with Crippen LogP contribution in [-0.2, 0) is 5.41 Å². The number of benzene rings is 1. The average Bonchev–Trinajstić information content (AvgIpc) is 3.11. The van der Waals surface area contributed by atoms with Gasteiger partial charge in [-0.05, 0) is 30.5 Å². The lowest BCUT2D eigenvalue weighted by Gasteiger charge is -2.20. The maximum absolute atomic E-state index is 9.45. The highest BCUT2D eigenvalue weighted by Crippen LogP contribution is 2.40. The van der Waals surface area contributed by atoms with Gasteiger partial charge in [0.05, 0.1) is 17.7 Å². The lowest BCUT2D eigenvalue weighted by Crippen LogP contribution is -2.18. The van der Waals surface area contributed by atoms with Gasteiger partial charge in [0.15, 0.2) is 0 Å². The molecule has 2 aromatic rings. The van der Waals surface area contributed by atoms with E-state index in [-0.39, 0.29) is 5.41 Å². The predicted molar refractivity (Wildman–Crippen MR) is 69.9 cm³/mol. The van der Waals surface area contributed by atoms with Crippen LogP contribution in [0, 0.1) is 11.3 Å². The fraction of sp³-hybridized carbons (Fsp3) is 0.312. The van der Waals surface area contributed by atoms with Crippen molar-refractivity contribution in [3.8, 4) is 17.4 Å². The molecule has 0 atom stereocenters. The highest BCUT2D eigenvalue weighted by Gasteiger charge is 2.35. The Labute approximate surface area is 107 Å². The van der Waals surface area contributed by atoms with Gasteiger partial charge >= 0.3 is 0 Å². The van der Waals surface area contributed by atoms with Crippen LogP contribution < -0.4 is 0 Å². The van der Waals surface area contributed by atoms with E-state index in [0.29, 0.717) is 0 Å². The van der Waals surface area contributed by atoms with E-state index >= 15 is 0 Å². The average molecular weight is 237 g/mol. The van der Waals surface area contributed by atoms with E-state index in [4.69, 9.17) is 4.42 Å². The monoisotopic (exact) mass is 237 g/mol. The zero-order valence-electron chi connectivity index (χ0n) is 10.2. The summed E-state index contributed by atoms with van der Waals surface area (Å²) in [6.45, 7) is 0. The first-order valence-corrected chi connectivity index (χ1v) is 6.40. The van der Waals surface area contributed by atoms with Crippen LogP contribution in [0.3, 0.4) is 0 Å². The largest absolute Gasteiger partial charge is 0.464 e. The Morgan fingerprint density at radius 2 is 1.78 bits per heavy atom. The second-order valence-electron chi connectivity index (χ2n) is 4.96. The number of rotatable bonds is 2. The number of hydrogen-bond acceptors (Lipinski definition) is 2. The third-order valence-electron chi connectivity index (χ3n) is 3.91. The molecule has 1 fully saturated rings. The SMILES string of the molecule is N#CC1(c2ccc(-c3ccco3)cc2)CCCC1. The predicted octanol–water partition coefficient (Wildman–Crippen LogP) is 4.28. The minimum Gasteiger partial charge on any atom is -0.464 e. The van der Waals surface area contributed by atoms with Crippen molar-refractivity contribution in [1.29, 1.82) is 5.26 Å². The third-order valence-corrected chi connectivity index (χ3v) is 3.91. The van der Waals surface area contributed by atoms with E-state index < -0.39 is 0 Å². The quantitative estimate of drug-likeness (QED) is 0.781. The molecule has 2 heteroatoms. The Kier molecular flexibility index (Phi) is 2.68. The summed E-state index contributed by atoms with van der Waals surface area (Å²) in [6, 6.07) is 14.6. The van der Waals surface area contributed by atoms with Crippen molar-refractivity contribution < 1.29 is 4.42 Å². The van der Waals surface area contributed by atoms with E-state index in [0.717, 1.165) is 42.6 Å². The van der Waals surface area contributed by atoms with Gasteiger partial charge in [-0.1, -0.05) is 37.1 Å². The molecule has 0 N–H and O–H groups in total. The van der Waals surface area contributed by atoms with Crippen molar-refractivity contribution in [2.24, 2.45) is 0 Å². The fourth-order valence-electron chi connectivity index (χ4n) is 2.84. The fourth-order valence-corrected chi connectivity index (χ4v) is 2.84. The number of nitriles is 1. The van der Waals surface area contributed by atoms with E-state index in [9.17, 15) is 5.26 Å². The first-order valence-electron chi connectivity index (χ1n) is 6.40. The molecule has 18 heavy (non-hydrogen) atoms. The molecule has 0 amide bonds. The van der Waals surface area contributed by atoms with Crippen molar-refractivity contribution in [1.82, 2.24) is 0 Å². The summed E-state index contributed by atoms with van der Waals surface area (Å²) in [5.41, 5.74) is 1.97. The molecule has 1 aliphatic rings. The highest BCUT2D eigenvalue weighted by atomic mass is 16.3. The normalized spacial score (nSPS) is 17.5. The van der Waals surface area contributed by atoms with E-state index in [1.807, 2.05) is 24.3 Å². The van der Waals surface area contributed by atoms with Crippen LogP contribution in [0.1, 0.15) is 31.2 Å². The smallest absolute Gasteiger partial charge is 0.133 e. The molecular weight excluding hydrogens is 222 g/mol. The summed E-state index contributed by atoms with van der Waals surface area (Å²) in [6.07, 6.45) is 5.98. The molecular formula is C16H15NO. The Bertz CT molecular complexity index is 554. The molecule has 90 valence electrons. The lowest BCUT2D eigenvalue weighted by molar-refractivity contribution is 0.571. The van der Waals surface area contributed by atoms with Crippen LogP contribution in [0.2, 0.25) is 0 Å². The van der Waals surface area contributed by atoms with Gasteiger partial charge in [-0.2, -0.15) is 5.26 Å². The van der Waals surface area contributed by atoms with Crippen molar-refractivity contribution >= 4 is 0 Å². The molecule has 1 saturated carbocycles. The van der Waals surface area contributed by atoms with Crippen LogP contribution in [0.5, 0.6) is 0 Å². The molecule has 1 aromatic heterocycles. The maximum atomic E-state index is 9.45. The molecule has 0 saturated heterocycles. The first-order chi connectivity index (χ1) is 8.84. The van der Waals surface area contributed by atoms with Gasteiger partial charge in [0.25, 0.3) is 0 Å². The van der Waals surface area contributed by atoms with Gasteiger partial charge in [-0.15, -0.1) is 0 Å². The summed E-state index contributed by atoms with van der Waals surface area (Å²) in [4.78, 5) is 0. The molecule has 0 aliphatic heterocycles. The van der Waals surface area contributed by atoms with Gasteiger partial charge in [0.2, 0.25) is 0 Å². The zero-order valence-corrected chi connectivity index (χ0v) is 10.2. The Morgan fingerprint density at radius 3 is 2.33 bits per heavy atom. The minimum absolute atomic E-state index is 0.248. The van der Waals surface area contributed by atoms with Gasteiger partial charge in [0.1, 0.15) is 5.76 Å². The molecule has 1 aliphatic carbocycles. The van der Waals surface area contributed by atoms with Gasteiger partial charge in [0, 0.05) is 5.56 Å². The maximum Gasteiger partial charge on any atom is 0.133 e. The first kappa shape index (κ1) is 11.1. The summed E-state index contributed by atoms with van der Waals surface area (Å²) in [5.74, 6) is 0.874. The summed E-state index contributed by atoms with van der Waals surface area (Å²) in [7, 11) is 0. The summed E-state index contributed by atoms with van der Waals surface area (Å²) in [5, 5.41) is 9.45. The topological polar surface area (TPSA) is 36.9 Å². The summed E-state index contributed by atoms with van der Waals surface area (Å²) >= 11 is 0. The van der Waals surface area contributed by atoms with Crippen molar-refractivity contribution in [2.45, 2.75) is 31.1 Å². The number of nitrogens with zero attached hydrogens (tertiary/aromatic N) is 1. The van der Waals surface area contributed by atoms with E-state index in [2.05, 4.69) is 18.2 Å². The van der Waals surface area contributed by atoms with Crippen molar-refractivity contribution in [2.75, 3.05) is 0 Å². The van der Waals surface area contributed by atoms with E-state index in [1.54, 1.807) is 6.26 Å². The molecule has 0 spiro atoms. The number of hydrogen-bond donors (Lipinski definition) is 0. The van der Waals surface area contributed by atoms with Crippen molar-refractivity contribution in [3.63, 3.8) is 0 Å². The van der Waals surface area contributed by atoms with Gasteiger partial charge < -0.3 is 4.42 Å². The number of furan rings is 1. The summed E-state index contributed by atoms with van der Waals surface area (Å²) < 4.78 is 5.37. The standard InChI is InChI=1S/C16H15NO/c17-12-16(9-1-2-10-16)14-7-5-13(6-8-14)15-4-3-11-18-15/h3-8,11H,1-2,9-10H2. The molecule has 3 rings (SSSR count). The third kappa shape index (κ3) is 1.73. The molecule has 0 radical (unpaired) electrons. The van der Waals surface area contributed by atoms with Gasteiger partial charge in [-0.25, -0.2) is 0 Å². The van der Waals surface area contributed by atoms with Crippen LogP contribution in [-0.4, -0.2) is 0 Å². The molecule has 0 bridgehead atoms. The van der Waals surface area contributed by atoms with Crippen LogP contribution in [0.4, 0.5) is 0 Å². The highest BCUT2D eigenvalue weighted by molar-refractivity contribution is 5.58. The van der Waals surface area contributed by atoms with E-state index in [1.165, 1.54) is 0 Å². The zero-order chi connectivity index (χ0) is 12.4. The molecule has 1 heterocycles. The van der Waals surface area contributed by atoms with Crippen LogP contribution in [0.15, 0.2) is 47.1 Å². The van der Waals surface area contributed by atoms with Gasteiger partial charge in [-0.3, -0.25) is 0 Å². The second-order valence-corrected chi connectivity index (χ2v) is 4.96. The van der Waals surface area contributed by atoms with Crippen molar-refractivity contribution in [3.05, 3.63) is 48.2 Å². The Hall–Kier alpha value is -2.01. The molecule has 0 unspecified atom stereocenters.